The Morgan fingerprint density at radius 3 is 2.67 bits per heavy atom. The Kier molecular flexibility index (Phi) is 3.87. The van der Waals surface area contributed by atoms with Crippen LogP contribution in [0, 0.1) is 5.82 Å². The largest absolute Gasteiger partial charge is 0.399 e. The minimum absolute atomic E-state index is 0.299. The Morgan fingerprint density at radius 2 is 2.00 bits per heavy atom. The Labute approximate surface area is 114 Å². The van der Waals surface area contributed by atoms with E-state index in [-0.39, 0.29) is 5.82 Å². The van der Waals surface area contributed by atoms with E-state index in [2.05, 4.69) is 15.9 Å². The molecule has 0 amide bonds. The maximum Gasteiger partial charge on any atom is 0.148 e. The fourth-order valence-electron chi connectivity index (χ4n) is 1.83. The standard InChI is InChI=1S/C14H14BrFN2/c1-18(9-10-3-2-4-11(15)7-10)14-6-5-12(17)8-13(14)16/h2-8H,9,17H2,1H3. The van der Waals surface area contributed by atoms with Crippen LogP contribution in [0.1, 0.15) is 5.56 Å². The summed E-state index contributed by atoms with van der Waals surface area (Å²) in [6.07, 6.45) is 0. The van der Waals surface area contributed by atoms with Gasteiger partial charge in [-0.15, -0.1) is 0 Å². The van der Waals surface area contributed by atoms with E-state index in [4.69, 9.17) is 5.73 Å². The lowest BCUT2D eigenvalue weighted by Crippen LogP contribution is -2.17. The molecule has 0 aliphatic heterocycles. The van der Waals surface area contributed by atoms with Crippen molar-refractivity contribution < 1.29 is 4.39 Å². The SMILES string of the molecule is CN(Cc1cccc(Br)c1)c1ccc(N)cc1F. The highest BCUT2D eigenvalue weighted by molar-refractivity contribution is 9.10. The Morgan fingerprint density at radius 1 is 1.22 bits per heavy atom. The van der Waals surface area contributed by atoms with Gasteiger partial charge in [0.05, 0.1) is 5.69 Å². The molecular weight excluding hydrogens is 295 g/mol. The van der Waals surface area contributed by atoms with Crippen LogP contribution in [0.5, 0.6) is 0 Å². The van der Waals surface area contributed by atoms with Gasteiger partial charge in [-0.1, -0.05) is 28.1 Å². The van der Waals surface area contributed by atoms with Crippen LogP contribution in [0.3, 0.4) is 0 Å². The molecule has 4 heteroatoms. The first-order valence-corrected chi connectivity index (χ1v) is 6.36. The summed E-state index contributed by atoms with van der Waals surface area (Å²) in [5, 5.41) is 0. The first-order chi connectivity index (χ1) is 8.56. The van der Waals surface area contributed by atoms with E-state index in [1.807, 2.05) is 36.2 Å². The lowest BCUT2D eigenvalue weighted by Gasteiger charge is -2.20. The first-order valence-electron chi connectivity index (χ1n) is 5.57. The molecule has 0 aliphatic carbocycles. The van der Waals surface area contributed by atoms with E-state index in [1.165, 1.54) is 6.07 Å². The third kappa shape index (κ3) is 3.01. The van der Waals surface area contributed by atoms with Gasteiger partial charge in [-0.2, -0.15) is 0 Å². The molecule has 0 spiro atoms. The average Bonchev–Trinajstić information content (AvgIpc) is 2.28. The van der Waals surface area contributed by atoms with E-state index in [0.29, 0.717) is 17.9 Å². The van der Waals surface area contributed by atoms with Crippen LogP contribution in [-0.2, 0) is 6.54 Å². The van der Waals surface area contributed by atoms with Crippen molar-refractivity contribution in [3.63, 3.8) is 0 Å². The van der Waals surface area contributed by atoms with Gasteiger partial charge in [0.25, 0.3) is 0 Å². The van der Waals surface area contributed by atoms with Crippen LogP contribution in [0.15, 0.2) is 46.9 Å². The quantitative estimate of drug-likeness (QED) is 0.874. The molecule has 0 heterocycles. The lowest BCUT2D eigenvalue weighted by molar-refractivity contribution is 0.623. The fourth-order valence-corrected chi connectivity index (χ4v) is 2.27. The van der Waals surface area contributed by atoms with Crippen molar-refractivity contribution >= 4 is 27.3 Å². The molecule has 2 aromatic rings. The molecule has 2 aromatic carbocycles. The minimum Gasteiger partial charge on any atom is -0.399 e. The highest BCUT2D eigenvalue weighted by Crippen LogP contribution is 2.22. The van der Waals surface area contributed by atoms with E-state index in [0.717, 1.165) is 10.0 Å². The van der Waals surface area contributed by atoms with Gasteiger partial charge in [-0.3, -0.25) is 0 Å². The molecule has 0 saturated carbocycles. The van der Waals surface area contributed by atoms with Crippen LogP contribution in [-0.4, -0.2) is 7.05 Å². The van der Waals surface area contributed by atoms with Crippen LogP contribution in [0.2, 0.25) is 0 Å². The van der Waals surface area contributed by atoms with E-state index in [1.54, 1.807) is 12.1 Å². The third-order valence-corrected chi connectivity index (χ3v) is 3.19. The van der Waals surface area contributed by atoms with Crippen molar-refractivity contribution in [3.05, 3.63) is 58.3 Å². The van der Waals surface area contributed by atoms with Crippen LogP contribution in [0.25, 0.3) is 0 Å². The monoisotopic (exact) mass is 308 g/mol. The summed E-state index contributed by atoms with van der Waals surface area (Å²) in [5.41, 5.74) is 7.63. The molecule has 0 aromatic heterocycles. The van der Waals surface area contributed by atoms with Gasteiger partial charge in [0.15, 0.2) is 0 Å². The molecule has 0 unspecified atom stereocenters. The first kappa shape index (κ1) is 12.9. The molecule has 18 heavy (non-hydrogen) atoms. The molecule has 2 rings (SSSR count). The molecular formula is C14H14BrFN2. The zero-order chi connectivity index (χ0) is 13.1. The number of nitrogens with zero attached hydrogens (tertiary/aromatic N) is 1. The number of nitrogens with two attached hydrogens (primary N) is 1. The van der Waals surface area contributed by atoms with Crippen molar-refractivity contribution in [1.29, 1.82) is 0 Å². The molecule has 0 aliphatic rings. The van der Waals surface area contributed by atoms with Gasteiger partial charge >= 0.3 is 0 Å². The molecule has 0 fully saturated rings. The zero-order valence-electron chi connectivity index (χ0n) is 10.0. The predicted octanol–water partition coefficient (Wildman–Crippen LogP) is 3.81. The summed E-state index contributed by atoms with van der Waals surface area (Å²) in [6.45, 7) is 0.639. The second-order valence-corrected chi connectivity index (χ2v) is 5.11. The topological polar surface area (TPSA) is 29.3 Å². The highest BCUT2D eigenvalue weighted by Gasteiger charge is 2.08. The number of anilines is 2. The van der Waals surface area contributed by atoms with Crippen LogP contribution >= 0.6 is 15.9 Å². The van der Waals surface area contributed by atoms with Gasteiger partial charge in [-0.05, 0) is 35.9 Å². The molecule has 0 radical (unpaired) electrons. The summed E-state index contributed by atoms with van der Waals surface area (Å²) < 4.78 is 14.8. The summed E-state index contributed by atoms with van der Waals surface area (Å²) >= 11 is 3.42. The maximum absolute atomic E-state index is 13.8. The van der Waals surface area contributed by atoms with Crippen molar-refractivity contribution in [3.8, 4) is 0 Å². The zero-order valence-corrected chi connectivity index (χ0v) is 11.6. The summed E-state index contributed by atoms with van der Waals surface area (Å²) in [7, 11) is 1.86. The number of rotatable bonds is 3. The normalized spacial score (nSPS) is 10.4. The number of hydrogen-bond acceptors (Lipinski definition) is 2. The third-order valence-electron chi connectivity index (χ3n) is 2.69. The average molecular weight is 309 g/mol. The van der Waals surface area contributed by atoms with Crippen molar-refractivity contribution in [2.45, 2.75) is 6.54 Å². The highest BCUT2D eigenvalue weighted by atomic mass is 79.9. The van der Waals surface area contributed by atoms with Crippen molar-refractivity contribution in [1.82, 2.24) is 0 Å². The summed E-state index contributed by atoms with van der Waals surface area (Å²) in [6, 6.07) is 12.7. The number of hydrogen-bond donors (Lipinski definition) is 1. The summed E-state index contributed by atoms with van der Waals surface area (Å²) in [5.74, 6) is -0.299. The van der Waals surface area contributed by atoms with Gasteiger partial charge in [0, 0.05) is 23.8 Å². The van der Waals surface area contributed by atoms with E-state index in [9.17, 15) is 4.39 Å². The number of halogens is 2. The van der Waals surface area contributed by atoms with E-state index >= 15 is 0 Å². The van der Waals surface area contributed by atoms with E-state index < -0.39 is 0 Å². The maximum atomic E-state index is 13.8. The van der Waals surface area contributed by atoms with Crippen LogP contribution < -0.4 is 10.6 Å². The Hall–Kier alpha value is -1.55. The minimum atomic E-state index is -0.299. The van der Waals surface area contributed by atoms with Crippen LogP contribution in [0.4, 0.5) is 15.8 Å². The van der Waals surface area contributed by atoms with Gasteiger partial charge in [0.1, 0.15) is 5.82 Å². The molecule has 0 bridgehead atoms. The molecule has 2 N–H and O–H groups in total. The molecule has 0 atom stereocenters. The smallest absolute Gasteiger partial charge is 0.148 e. The molecule has 2 nitrogen and oxygen atoms in total. The second-order valence-electron chi connectivity index (χ2n) is 4.20. The predicted molar refractivity (Wildman–Crippen MR) is 77.1 cm³/mol. The summed E-state index contributed by atoms with van der Waals surface area (Å²) in [4.78, 5) is 1.86. The van der Waals surface area contributed by atoms with Gasteiger partial charge in [0.2, 0.25) is 0 Å². The number of benzene rings is 2. The van der Waals surface area contributed by atoms with Crippen molar-refractivity contribution in [2.75, 3.05) is 17.7 Å². The fraction of sp³-hybridized carbons (Fsp3) is 0.143. The molecule has 0 saturated heterocycles. The number of nitrogen functional groups attached to an aromatic ring is 1. The second kappa shape index (κ2) is 5.40. The van der Waals surface area contributed by atoms with Gasteiger partial charge < -0.3 is 10.6 Å². The van der Waals surface area contributed by atoms with Crippen molar-refractivity contribution in [2.24, 2.45) is 0 Å². The lowest BCUT2D eigenvalue weighted by atomic mass is 10.2. The van der Waals surface area contributed by atoms with Gasteiger partial charge in [-0.25, -0.2) is 4.39 Å². The Bertz CT molecular complexity index is 557. The Balaban J connectivity index is 2.19. The molecule has 94 valence electrons.